The summed E-state index contributed by atoms with van der Waals surface area (Å²) in [7, 11) is 0. The molecule has 0 spiro atoms. The Kier molecular flexibility index (Phi) is 8.38. The Morgan fingerprint density at radius 2 is 1.67 bits per heavy atom. The van der Waals surface area contributed by atoms with Crippen molar-refractivity contribution in [1.29, 1.82) is 0 Å². The van der Waals surface area contributed by atoms with E-state index in [4.69, 9.17) is 9.84 Å². The minimum absolute atomic E-state index is 0.0572. The predicted octanol–water partition coefficient (Wildman–Crippen LogP) is 7.84. The molecular weight excluding hydrogens is 548 g/mol. The van der Waals surface area contributed by atoms with Gasteiger partial charge in [-0.2, -0.15) is 0 Å². The predicted molar refractivity (Wildman–Crippen MR) is 138 cm³/mol. The second-order valence-electron chi connectivity index (χ2n) is 8.60. The lowest BCUT2D eigenvalue weighted by Gasteiger charge is -2.22. The fourth-order valence-electron chi connectivity index (χ4n) is 3.89. The molecule has 0 aliphatic heterocycles. The quantitative estimate of drug-likeness (QED) is 0.287. The third-order valence-corrected chi connectivity index (χ3v) is 6.75. The van der Waals surface area contributed by atoms with E-state index in [1.54, 1.807) is 0 Å². The Morgan fingerprint density at radius 3 is 2.24 bits per heavy atom. The number of rotatable bonds is 8. The molecule has 0 fully saturated rings. The van der Waals surface area contributed by atoms with Crippen LogP contribution in [0.1, 0.15) is 65.7 Å². The Labute approximate surface area is 211 Å². The van der Waals surface area contributed by atoms with Gasteiger partial charge in [0.25, 0.3) is 0 Å². The van der Waals surface area contributed by atoms with E-state index in [2.05, 4.69) is 52.6 Å². The Morgan fingerprint density at radius 1 is 1.00 bits per heavy atom. The number of aliphatic carboxylic acids is 1. The molecule has 2 N–H and O–H groups in total. The standard InChI is InChI=1S/C27H28Br2O4/c1-15(2)20-14-24(21(11-17(20)4)26(32)19-7-5-6-16(3)10-19)33-27-22(28)12-18(13-23(27)29)8-9-25(30)31/h5-7,10-15,26,32H,8-9H2,1-4H3,(H,30,31). The zero-order chi connectivity index (χ0) is 24.3. The highest BCUT2D eigenvalue weighted by Crippen LogP contribution is 2.42. The van der Waals surface area contributed by atoms with Gasteiger partial charge in [-0.25, -0.2) is 0 Å². The highest BCUT2D eigenvalue weighted by Gasteiger charge is 2.21. The number of aliphatic hydroxyl groups is 1. The fourth-order valence-corrected chi connectivity index (χ4v) is 5.33. The van der Waals surface area contributed by atoms with Gasteiger partial charge in [0, 0.05) is 12.0 Å². The lowest BCUT2D eigenvalue weighted by molar-refractivity contribution is -0.136. The zero-order valence-electron chi connectivity index (χ0n) is 19.2. The first-order chi connectivity index (χ1) is 15.6. The van der Waals surface area contributed by atoms with Crippen molar-refractivity contribution in [1.82, 2.24) is 0 Å². The highest BCUT2D eigenvalue weighted by molar-refractivity contribution is 9.11. The number of carboxylic acids is 1. The molecule has 0 radical (unpaired) electrons. The second kappa shape index (κ2) is 10.9. The number of aliphatic hydroxyl groups excluding tert-OH is 1. The smallest absolute Gasteiger partial charge is 0.303 e. The maximum absolute atomic E-state index is 11.3. The molecule has 6 heteroatoms. The van der Waals surface area contributed by atoms with E-state index in [0.29, 0.717) is 38.3 Å². The van der Waals surface area contributed by atoms with Crippen LogP contribution in [0.3, 0.4) is 0 Å². The summed E-state index contributed by atoms with van der Waals surface area (Å²) in [5.74, 6) is 0.615. The van der Waals surface area contributed by atoms with E-state index < -0.39 is 12.1 Å². The third kappa shape index (κ3) is 6.25. The van der Waals surface area contributed by atoms with Gasteiger partial charge in [-0.1, -0.05) is 43.7 Å². The van der Waals surface area contributed by atoms with Crippen molar-refractivity contribution in [2.75, 3.05) is 0 Å². The Hall–Kier alpha value is -2.15. The highest BCUT2D eigenvalue weighted by atomic mass is 79.9. The maximum atomic E-state index is 11.3. The van der Waals surface area contributed by atoms with E-state index in [-0.39, 0.29) is 6.42 Å². The van der Waals surface area contributed by atoms with E-state index in [9.17, 15) is 9.90 Å². The van der Waals surface area contributed by atoms with Crippen LogP contribution in [0.5, 0.6) is 11.5 Å². The molecule has 0 bridgehead atoms. The van der Waals surface area contributed by atoms with Gasteiger partial charge in [0.15, 0.2) is 5.75 Å². The van der Waals surface area contributed by atoms with Crippen molar-refractivity contribution in [3.63, 3.8) is 0 Å². The number of aryl methyl sites for hydroxylation is 3. The van der Waals surface area contributed by atoms with Gasteiger partial charge in [0.05, 0.1) is 8.95 Å². The van der Waals surface area contributed by atoms with Crippen molar-refractivity contribution < 1.29 is 19.7 Å². The normalized spacial score (nSPS) is 12.1. The van der Waals surface area contributed by atoms with Crippen molar-refractivity contribution in [2.24, 2.45) is 0 Å². The molecule has 0 amide bonds. The summed E-state index contributed by atoms with van der Waals surface area (Å²) >= 11 is 7.15. The van der Waals surface area contributed by atoms with Crippen LogP contribution in [0.2, 0.25) is 0 Å². The number of carbonyl (C=O) groups is 1. The molecule has 3 aromatic rings. The van der Waals surface area contributed by atoms with Crippen LogP contribution >= 0.6 is 31.9 Å². The average Bonchev–Trinajstić information content (AvgIpc) is 2.74. The molecule has 1 unspecified atom stereocenters. The van der Waals surface area contributed by atoms with Crippen LogP contribution in [-0.2, 0) is 11.2 Å². The summed E-state index contributed by atoms with van der Waals surface area (Å²) in [5, 5.41) is 20.3. The third-order valence-electron chi connectivity index (χ3n) is 5.57. The van der Waals surface area contributed by atoms with Crippen LogP contribution in [-0.4, -0.2) is 16.2 Å². The van der Waals surface area contributed by atoms with Crippen LogP contribution < -0.4 is 4.74 Å². The molecule has 1 atom stereocenters. The first-order valence-corrected chi connectivity index (χ1v) is 12.4. The molecule has 33 heavy (non-hydrogen) atoms. The molecular formula is C27H28Br2O4. The number of halogens is 2. The summed E-state index contributed by atoms with van der Waals surface area (Å²) < 4.78 is 7.82. The molecule has 3 aromatic carbocycles. The molecule has 0 aliphatic rings. The summed E-state index contributed by atoms with van der Waals surface area (Å²) in [4.78, 5) is 10.9. The first-order valence-electron chi connectivity index (χ1n) is 10.8. The van der Waals surface area contributed by atoms with Crippen molar-refractivity contribution >= 4 is 37.8 Å². The fraction of sp³-hybridized carbons (Fsp3) is 0.296. The molecule has 0 aromatic heterocycles. The monoisotopic (exact) mass is 574 g/mol. The first kappa shape index (κ1) is 25.5. The van der Waals surface area contributed by atoms with Gasteiger partial charge < -0.3 is 14.9 Å². The lowest BCUT2D eigenvalue weighted by Crippen LogP contribution is -2.06. The summed E-state index contributed by atoms with van der Waals surface area (Å²) in [6.45, 7) is 8.31. The van der Waals surface area contributed by atoms with E-state index in [1.807, 2.05) is 55.5 Å². The lowest BCUT2D eigenvalue weighted by atomic mass is 9.91. The van der Waals surface area contributed by atoms with Crippen LogP contribution in [0.25, 0.3) is 0 Å². The maximum Gasteiger partial charge on any atom is 0.303 e. The Balaban J connectivity index is 2.06. The molecule has 0 heterocycles. The molecule has 0 aliphatic carbocycles. The summed E-state index contributed by atoms with van der Waals surface area (Å²) in [5.41, 5.74) is 5.70. The van der Waals surface area contributed by atoms with Crippen LogP contribution in [0.15, 0.2) is 57.5 Å². The molecule has 3 rings (SSSR count). The minimum atomic E-state index is -0.841. The average molecular weight is 576 g/mol. The molecule has 4 nitrogen and oxygen atoms in total. The van der Waals surface area contributed by atoms with Crippen molar-refractivity contribution in [3.8, 4) is 11.5 Å². The van der Waals surface area contributed by atoms with Gasteiger partial charge in [-0.15, -0.1) is 0 Å². The Bertz CT molecular complexity index is 1150. The van der Waals surface area contributed by atoms with Gasteiger partial charge in [-0.3, -0.25) is 4.79 Å². The number of hydrogen-bond acceptors (Lipinski definition) is 3. The van der Waals surface area contributed by atoms with Crippen molar-refractivity contribution in [2.45, 2.75) is 52.6 Å². The van der Waals surface area contributed by atoms with Gasteiger partial charge >= 0.3 is 5.97 Å². The molecule has 0 saturated carbocycles. The van der Waals surface area contributed by atoms with Crippen LogP contribution in [0.4, 0.5) is 0 Å². The summed E-state index contributed by atoms with van der Waals surface area (Å²) in [6, 6.07) is 15.6. The number of ether oxygens (including phenoxy) is 1. The summed E-state index contributed by atoms with van der Waals surface area (Å²) in [6.07, 6.45) is -0.361. The van der Waals surface area contributed by atoms with E-state index >= 15 is 0 Å². The second-order valence-corrected chi connectivity index (χ2v) is 10.3. The number of carboxylic acid groups (broad SMARTS) is 1. The van der Waals surface area contributed by atoms with Gasteiger partial charge in [0.2, 0.25) is 0 Å². The largest absolute Gasteiger partial charge is 0.481 e. The number of benzene rings is 3. The minimum Gasteiger partial charge on any atom is -0.481 e. The van der Waals surface area contributed by atoms with Gasteiger partial charge in [0.1, 0.15) is 11.9 Å². The van der Waals surface area contributed by atoms with E-state index in [0.717, 1.165) is 27.8 Å². The molecule has 0 saturated heterocycles. The topological polar surface area (TPSA) is 66.8 Å². The molecule has 174 valence electrons. The van der Waals surface area contributed by atoms with E-state index in [1.165, 1.54) is 0 Å². The van der Waals surface area contributed by atoms with Gasteiger partial charge in [-0.05, 0) is 105 Å². The number of hydrogen-bond donors (Lipinski definition) is 2. The zero-order valence-corrected chi connectivity index (χ0v) is 22.3. The van der Waals surface area contributed by atoms with Crippen molar-refractivity contribution in [3.05, 3.63) is 90.9 Å². The van der Waals surface area contributed by atoms with Crippen LogP contribution in [0, 0.1) is 13.8 Å². The SMILES string of the molecule is Cc1cccc(C(O)c2cc(C)c(C(C)C)cc2Oc2c(Br)cc(CCC(=O)O)cc2Br)c1.